The highest BCUT2D eigenvalue weighted by Crippen LogP contribution is 2.39. The molecule has 0 aliphatic carbocycles. The van der Waals surface area contributed by atoms with Crippen LogP contribution in [0.3, 0.4) is 0 Å². The van der Waals surface area contributed by atoms with E-state index in [0.29, 0.717) is 62.0 Å². The number of isocyanates is 1. The standard InChI is InChI=1S/C45H36N10O5S/c1-27-20-34(13-18-38(27)49-47-33-14-19-39(28(2)21-33)50-51-40-10-5-6-11-44(40)61(58,59)60)48-53-42-22-30(4)43(23-29(42)3)54-52-41-17-12-31-24-36(15-16-37(31)45(41)57)55(26-56)35-9-7-8-32(46)25-35/h5-25H,46H2,1-4H3,(H-,47,48,51,54,57,58,59,60)/p+1. The second kappa shape index (κ2) is 17.5. The molecule has 0 unspecified atom stereocenters. The van der Waals surface area contributed by atoms with E-state index < -0.39 is 10.1 Å². The van der Waals surface area contributed by atoms with Gasteiger partial charge in [0.05, 0.1) is 34.1 Å². The fraction of sp³-hybridized carbons (Fsp3) is 0.0889. The summed E-state index contributed by atoms with van der Waals surface area (Å²) >= 11 is 0. The molecule has 61 heavy (non-hydrogen) atoms. The number of hydrogen-bond donors (Lipinski definition) is 3. The van der Waals surface area contributed by atoms with Crippen molar-refractivity contribution in [2.75, 3.05) is 5.73 Å². The van der Waals surface area contributed by atoms with E-state index in [4.69, 9.17) is 5.73 Å². The molecule has 0 saturated carbocycles. The van der Waals surface area contributed by atoms with E-state index in [0.717, 1.165) is 22.3 Å². The summed E-state index contributed by atoms with van der Waals surface area (Å²) < 4.78 is 34.2. The Hall–Kier alpha value is -7.91. The van der Waals surface area contributed by atoms with Crippen LogP contribution in [0.1, 0.15) is 22.3 Å². The summed E-state index contributed by atoms with van der Waals surface area (Å²) in [5.74, 6) is -0.0455. The van der Waals surface area contributed by atoms with E-state index in [1.165, 1.54) is 22.8 Å². The van der Waals surface area contributed by atoms with Gasteiger partial charge in [0.25, 0.3) is 10.1 Å². The van der Waals surface area contributed by atoms with Gasteiger partial charge in [0.2, 0.25) is 11.4 Å². The minimum absolute atomic E-state index is 0.0202. The average Bonchev–Trinajstić information content (AvgIpc) is 3.23. The van der Waals surface area contributed by atoms with Gasteiger partial charge in [-0.15, -0.1) is 10.2 Å². The number of nitrogen functional groups attached to an aromatic ring is 1. The molecule has 7 aromatic rings. The summed E-state index contributed by atoms with van der Waals surface area (Å²) in [7, 11) is -4.45. The molecule has 0 aliphatic rings. The zero-order valence-corrected chi connectivity index (χ0v) is 34.1. The van der Waals surface area contributed by atoms with Crippen molar-refractivity contribution in [1.29, 1.82) is 0 Å². The van der Waals surface area contributed by atoms with Gasteiger partial charge in [-0.25, -0.2) is 0 Å². The van der Waals surface area contributed by atoms with Crippen molar-refractivity contribution in [3.05, 3.63) is 150 Å². The number of phenolic OH excluding ortho intramolecular Hbond substituents is 1. The molecule has 0 bridgehead atoms. The maximum Gasteiger partial charge on any atom is 0.437 e. The number of nitrogens with zero attached hydrogens (tertiary/aromatic N) is 9. The average molecular weight is 830 g/mol. The van der Waals surface area contributed by atoms with Gasteiger partial charge in [-0.3, -0.25) is 4.55 Å². The molecule has 0 atom stereocenters. The smallest absolute Gasteiger partial charge is 0.437 e. The molecule has 7 rings (SSSR count). The first-order valence-corrected chi connectivity index (χ1v) is 20.1. The molecule has 0 radical (unpaired) electrons. The summed E-state index contributed by atoms with van der Waals surface area (Å²) in [5, 5.41) is 47.1. The number of anilines is 1. The summed E-state index contributed by atoms with van der Waals surface area (Å²) in [6.45, 7) is 7.50. The minimum Gasteiger partial charge on any atom is -0.505 e. The largest absolute Gasteiger partial charge is 0.505 e. The number of aromatic hydroxyl groups is 1. The topological polar surface area (TPSA) is 220 Å². The summed E-state index contributed by atoms with van der Waals surface area (Å²) in [6, 6.07) is 35.7. The fourth-order valence-electron chi connectivity index (χ4n) is 6.25. The molecule has 0 saturated heterocycles. The normalized spacial score (nSPS) is 12.0. The van der Waals surface area contributed by atoms with Crippen LogP contribution in [0.5, 0.6) is 5.75 Å². The Bertz CT molecular complexity index is 3160. The van der Waals surface area contributed by atoms with E-state index in [1.807, 2.05) is 52.0 Å². The fourth-order valence-corrected chi connectivity index (χ4v) is 6.88. The van der Waals surface area contributed by atoms with Crippen molar-refractivity contribution in [2.24, 2.45) is 40.9 Å². The molecule has 4 N–H and O–H groups in total. The molecule has 302 valence electrons. The van der Waals surface area contributed by atoms with Crippen molar-refractivity contribution >= 4 is 89.5 Å². The third-order valence-electron chi connectivity index (χ3n) is 9.53. The second-order valence-electron chi connectivity index (χ2n) is 14.0. The molecule has 0 spiro atoms. The van der Waals surface area contributed by atoms with Crippen LogP contribution in [0.2, 0.25) is 0 Å². The minimum atomic E-state index is -4.45. The van der Waals surface area contributed by atoms with E-state index >= 15 is 0 Å². The van der Waals surface area contributed by atoms with Gasteiger partial charge in [-0.2, -0.15) is 43.9 Å². The lowest BCUT2D eigenvalue weighted by Gasteiger charge is -2.07. The SMILES string of the molecule is Cc1cc(N=Nc2cc(C)c(N=Nc3ccc4cc([N+](=C=O)c5cccc(N)c5)ccc4c3O)cc2C)ccc1N=Nc1ccc(N=Nc2ccccc2S(=O)(=O)O)c(C)c1. The van der Waals surface area contributed by atoms with Gasteiger partial charge >= 0.3 is 6.08 Å². The number of phenols is 1. The molecule has 0 aromatic heterocycles. The van der Waals surface area contributed by atoms with E-state index in [-0.39, 0.29) is 22.0 Å². The van der Waals surface area contributed by atoms with Gasteiger partial charge in [0.15, 0.2) is 5.75 Å². The Balaban J connectivity index is 1.01. The second-order valence-corrected chi connectivity index (χ2v) is 15.4. The van der Waals surface area contributed by atoms with Crippen LogP contribution >= 0.6 is 0 Å². The molecule has 7 aromatic carbocycles. The molecular weight excluding hydrogens is 793 g/mol. The van der Waals surface area contributed by atoms with Crippen molar-refractivity contribution in [1.82, 2.24) is 4.58 Å². The first-order valence-electron chi connectivity index (χ1n) is 18.6. The number of fused-ring (bicyclic) bond motifs is 1. The van der Waals surface area contributed by atoms with Crippen molar-refractivity contribution in [3.8, 4) is 5.75 Å². The van der Waals surface area contributed by atoms with Crippen LogP contribution in [-0.4, -0.2) is 24.2 Å². The maximum atomic E-state index is 11.9. The van der Waals surface area contributed by atoms with Crippen LogP contribution < -0.4 is 10.3 Å². The summed E-state index contributed by atoms with van der Waals surface area (Å²) in [4.78, 5) is 11.5. The molecule has 0 amide bonds. The van der Waals surface area contributed by atoms with Crippen molar-refractivity contribution in [2.45, 2.75) is 32.6 Å². The zero-order valence-electron chi connectivity index (χ0n) is 33.3. The third-order valence-corrected chi connectivity index (χ3v) is 10.4. The van der Waals surface area contributed by atoms with Gasteiger partial charge in [0, 0.05) is 35.3 Å². The highest BCUT2D eigenvalue weighted by atomic mass is 32.2. The van der Waals surface area contributed by atoms with Crippen LogP contribution in [0.15, 0.2) is 173 Å². The lowest BCUT2D eigenvalue weighted by atomic mass is 10.1. The number of rotatable bonds is 11. The van der Waals surface area contributed by atoms with Gasteiger partial charge in [-0.05, 0) is 134 Å². The van der Waals surface area contributed by atoms with Crippen LogP contribution in [-0.2, 0) is 14.9 Å². The third kappa shape index (κ3) is 9.53. The monoisotopic (exact) mass is 829 g/mol. The van der Waals surface area contributed by atoms with E-state index in [1.54, 1.807) is 91.0 Å². The van der Waals surface area contributed by atoms with Crippen molar-refractivity contribution in [3.63, 3.8) is 0 Å². The number of carbonyl (C=O) groups excluding carboxylic acids is 1. The maximum absolute atomic E-state index is 11.9. The quantitative estimate of drug-likeness (QED) is 0.0287. The predicted molar refractivity (Wildman–Crippen MR) is 235 cm³/mol. The summed E-state index contributed by atoms with van der Waals surface area (Å²) in [6.07, 6.45) is 1.94. The Labute approximate surface area is 350 Å². The highest BCUT2D eigenvalue weighted by Gasteiger charge is 2.18. The molecule has 16 heteroatoms. The summed E-state index contributed by atoms with van der Waals surface area (Å²) in [5.41, 5.74) is 14.7. The Morgan fingerprint density at radius 3 is 1.66 bits per heavy atom. The van der Waals surface area contributed by atoms with Gasteiger partial charge in [0.1, 0.15) is 16.3 Å². The van der Waals surface area contributed by atoms with Crippen LogP contribution in [0.25, 0.3) is 10.8 Å². The molecule has 0 fully saturated rings. The Morgan fingerprint density at radius 1 is 0.525 bits per heavy atom. The number of nitrogens with two attached hydrogens (primary N) is 1. The Kier molecular flexibility index (Phi) is 11.9. The number of azo groups is 4. The van der Waals surface area contributed by atoms with Crippen molar-refractivity contribution < 1.29 is 22.9 Å². The molecule has 0 aliphatic heterocycles. The van der Waals surface area contributed by atoms with Crippen LogP contribution in [0, 0.1) is 27.7 Å². The molecule has 15 nitrogen and oxygen atoms in total. The van der Waals surface area contributed by atoms with Gasteiger partial charge in [-0.1, -0.05) is 28.8 Å². The number of benzene rings is 7. The van der Waals surface area contributed by atoms with Crippen LogP contribution in [0.4, 0.5) is 62.6 Å². The first kappa shape index (κ1) is 41.3. The number of aryl methyl sites for hydroxylation is 4. The highest BCUT2D eigenvalue weighted by molar-refractivity contribution is 7.86. The molecule has 0 heterocycles. The van der Waals surface area contributed by atoms with E-state index in [9.17, 15) is 22.9 Å². The lowest BCUT2D eigenvalue weighted by Crippen LogP contribution is -2.02. The lowest BCUT2D eigenvalue weighted by molar-refractivity contribution is 0.482. The first-order chi connectivity index (χ1) is 29.3. The predicted octanol–water partition coefficient (Wildman–Crippen LogP) is 13.4. The molecular formula is C45H37N10O5S+. The number of hydrogen-bond acceptors (Lipinski definition) is 13. The van der Waals surface area contributed by atoms with E-state index in [2.05, 4.69) is 40.9 Å². The zero-order chi connectivity index (χ0) is 43.3. The van der Waals surface area contributed by atoms with Gasteiger partial charge < -0.3 is 10.8 Å². The Morgan fingerprint density at radius 2 is 1.05 bits per heavy atom.